The molecule has 0 bridgehead atoms. The van der Waals surface area contributed by atoms with Crippen LogP contribution in [0, 0.1) is 0 Å². The van der Waals surface area contributed by atoms with Crippen molar-refractivity contribution in [3.05, 3.63) is 72.1 Å². The second-order valence-electron chi connectivity index (χ2n) is 8.87. The first kappa shape index (κ1) is 25.0. The van der Waals surface area contributed by atoms with E-state index in [4.69, 9.17) is 18.3 Å². The van der Waals surface area contributed by atoms with Crippen molar-refractivity contribution in [1.29, 1.82) is 0 Å². The Kier molecular flexibility index (Phi) is 8.04. The predicted molar refractivity (Wildman–Crippen MR) is 127 cm³/mol. The summed E-state index contributed by atoms with van der Waals surface area (Å²) in [5, 5.41) is 0. The number of rotatable bonds is 10. The van der Waals surface area contributed by atoms with E-state index in [9.17, 15) is 9.59 Å². The molecule has 8 nitrogen and oxygen atoms in total. The maximum absolute atomic E-state index is 13.5. The van der Waals surface area contributed by atoms with E-state index in [1.165, 1.54) is 11.2 Å². The van der Waals surface area contributed by atoms with Crippen LogP contribution in [0.1, 0.15) is 42.6 Å². The van der Waals surface area contributed by atoms with E-state index >= 15 is 0 Å². The first-order chi connectivity index (χ1) is 16.2. The highest BCUT2D eigenvalue weighted by Crippen LogP contribution is 2.28. The number of amides is 2. The summed E-state index contributed by atoms with van der Waals surface area (Å²) in [5.74, 6) is 1.63. The molecule has 0 fully saturated rings. The van der Waals surface area contributed by atoms with Gasteiger partial charge < -0.3 is 28.1 Å². The average Bonchev–Trinajstić information content (AvgIpc) is 3.53. The largest absolute Gasteiger partial charge is 0.493 e. The van der Waals surface area contributed by atoms with Crippen molar-refractivity contribution >= 4 is 11.8 Å². The summed E-state index contributed by atoms with van der Waals surface area (Å²) in [6.45, 7) is 6.31. The molecule has 0 aliphatic heterocycles. The van der Waals surface area contributed by atoms with Crippen molar-refractivity contribution in [3.8, 4) is 11.5 Å². The number of methoxy groups -OCH3 is 2. The van der Waals surface area contributed by atoms with Crippen LogP contribution in [0.4, 0.5) is 0 Å². The molecular weight excluding hydrogens is 436 g/mol. The maximum Gasteiger partial charge on any atom is 0.290 e. The van der Waals surface area contributed by atoms with Gasteiger partial charge >= 0.3 is 0 Å². The highest BCUT2D eigenvalue weighted by Gasteiger charge is 2.32. The fourth-order valence-electron chi connectivity index (χ4n) is 3.56. The molecule has 182 valence electrons. The molecule has 0 N–H and O–H groups in total. The van der Waals surface area contributed by atoms with Crippen LogP contribution in [0.15, 0.2) is 63.8 Å². The molecule has 8 heteroatoms. The summed E-state index contributed by atoms with van der Waals surface area (Å²) >= 11 is 0. The van der Waals surface area contributed by atoms with Gasteiger partial charge in [0.15, 0.2) is 17.3 Å². The Morgan fingerprint density at radius 2 is 1.65 bits per heavy atom. The number of hydrogen-bond donors (Lipinski definition) is 0. The van der Waals surface area contributed by atoms with Crippen LogP contribution in [0.2, 0.25) is 0 Å². The minimum atomic E-state index is -0.584. The van der Waals surface area contributed by atoms with Gasteiger partial charge in [0.2, 0.25) is 5.91 Å². The van der Waals surface area contributed by atoms with Crippen LogP contribution in [0.5, 0.6) is 11.5 Å². The quantitative estimate of drug-likeness (QED) is 0.438. The van der Waals surface area contributed by atoms with Crippen LogP contribution in [-0.4, -0.2) is 54.5 Å². The minimum Gasteiger partial charge on any atom is -0.493 e. The van der Waals surface area contributed by atoms with Gasteiger partial charge in [-0.05, 0) is 69.2 Å². The zero-order valence-electron chi connectivity index (χ0n) is 20.4. The fraction of sp³-hybridized carbons (Fsp3) is 0.385. The Morgan fingerprint density at radius 1 is 0.941 bits per heavy atom. The van der Waals surface area contributed by atoms with Gasteiger partial charge in [-0.25, -0.2) is 0 Å². The van der Waals surface area contributed by atoms with E-state index in [-0.39, 0.29) is 24.1 Å². The molecule has 0 saturated heterocycles. The molecule has 0 spiro atoms. The van der Waals surface area contributed by atoms with Crippen molar-refractivity contribution < 1.29 is 27.9 Å². The molecule has 0 aliphatic carbocycles. The summed E-state index contributed by atoms with van der Waals surface area (Å²) < 4.78 is 21.5. The lowest BCUT2D eigenvalue weighted by molar-refractivity contribution is -0.133. The number of ether oxygens (including phenoxy) is 2. The van der Waals surface area contributed by atoms with Crippen molar-refractivity contribution in [1.82, 2.24) is 9.80 Å². The highest BCUT2D eigenvalue weighted by atomic mass is 16.5. The molecular formula is C26H32N2O6. The maximum atomic E-state index is 13.5. The van der Waals surface area contributed by atoms with Gasteiger partial charge in [-0.3, -0.25) is 9.59 Å². The Hall–Kier alpha value is -3.68. The first-order valence-electron chi connectivity index (χ1n) is 11.1. The standard InChI is InChI=1S/C26H32N2O6/c1-26(2,3)28(25(30)22-9-7-15-34-22)18-24(29)27(17-20-8-6-14-33-20)13-12-19-10-11-21(31-4)23(16-19)32-5/h6-11,14-16H,12-13,17-18H2,1-5H3. The van der Waals surface area contributed by atoms with Gasteiger partial charge in [-0.2, -0.15) is 0 Å². The summed E-state index contributed by atoms with van der Waals surface area (Å²) in [6, 6.07) is 12.6. The molecule has 0 unspecified atom stereocenters. The average molecular weight is 469 g/mol. The molecule has 34 heavy (non-hydrogen) atoms. The zero-order valence-corrected chi connectivity index (χ0v) is 20.4. The number of furan rings is 2. The molecule has 2 amide bonds. The molecule has 2 heterocycles. The topological polar surface area (TPSA) is 85.4 Å². The Balaban J connectivity index is 1.78. The Bertz CT molecular complexity index is 1070. The van der Waals surface area contributed by atoms with Gasteiger partial charge in [0, 0.05) is 12.1 Å². The van der Waals surface area contributed by atoms with Crippen LogP contribution in [-0.2, 0) is 17.8 Å². The lowest BCUT2D eigenvalue weighted by Crippen LogP contribution is -2.51. The predicted octanol–water partition coefficient (Wildman–Crippen LogP) is 4.40. The molecule has 0 radical (unpaired) electrons. The molecule has 1 aromatic carbocycles. The minimum absolute atomic E-state index is 0.0876. The Morgan fingerprint density at radius 3 is 2.24 bits per heavy atom. The van der Waals surface area contributed by atoms with Crippen LogP contribution in [0.25, 0.3) is 0 Å². The Labute approximate surface area is 200 Å². The summed E-state index contributed by atoms with van der Waals surface area (Å²) in [7, 11) is 3.18. The van der Waals surface area contributed by atoms with E-state index < -0.39 is 5.54 Å². The van der Waals surface area contributed by atoms with Crippen molar-refractivity contribution in [2.24, 2.45) is 0 Å². The highest BCUT2D eigenvalue weighted by molar-refractivity contribution is 5.94. The fourth-order valence-corrected chi connectivity index (χ4v) is 3.56. The molecule has 0 atom stereocenters. The summed E-state index contributed by atoms with van der Waals surface area (Å²) in [4.78, 5) is 29.7. The van der Waals surface area contributed by atoms with Gasteiger partial charge in [0.05, 0.1) is 33.3 Å². The number of benzene rings is 1. The van der Waals surface area contributed by atoms with E-state index in [0.29, 0.717) is 36.8 Å². The molecule has 0 saturated carbocycles. The van der Waals surface area contributed by atoms with Gasteiger partial charge in [-0.15, -0.1) is 0 Å². The smallest absolute Gasteiger partial charge is 0.290 e. The van der Waals surface area contributed by atoms with Crippen molar-refractivity contribution in [2.45, 2.75) is 39.3 Å². The lowest BCUT2D eigenvalue weighted by atomic mass is 10.1. The SMILES string of the molecule is COc1ccc(CCN(Cc2ccco2)C(=O)CN(C(=O)c2ccco2)C(C)(C)C)cc1OC. The lowest BCUT2D eigenvalue weighted by Gasteiger charge is -2.36. The number of nitrogens with zero attached hydrogens (tertiary/aromatic N) is 2. The van der Waals surface area contributed by atoms with Crippen LogP contribution >= 0.6 is 0 Å². The number of carbonyl (C=O) groups is 2. The molecule has 2 aromatic heterocycles. The summed E-state index contributed by atoms with van der Waals surface area (Å²) in [5.41, 5.74) is 0.411. The van der Waals surface area contributed by atoms with E-state index in [1.54, 1.807) is 43.6 Å². The third-order valence-corrected chi connectivity index (χ3v) is 5.48. The molecule has 0 aliphatic rings. The van der Waals surface area contributed by atoms with E-state index in [2.05, 4.69) is 0 Å². The normalized spacial score (nSPS) is 11.2. The monoisotopic (exact) mass is 468 g/mol. The third-order valence-electron chi connectivity index (χ3n) is 5.48. The van der Waals surface area contributed by atoms with Crippen LogP contribution in [0.3, 0.4) is 0 Å². The van der Waals surface area contributed by atoms with E-state index in [1.807, 2.05) is 45.0 Å². The second kappa shape index (κ2) is 11.0. The van der Waals surface area contributed by atoms with Crippen molar-refractivity contribution in [3.63, 3.8) is 0 Å². The van der Waals surface area contributed by atoms with Gasteiger partial charge in [-0.1, -0.05) is 6.07 Å². The van der Waals surface area contributed by atoms with Gasteiger partial charge in [0.1, 0.15) is 12.3 Å². The summed E-state index contributed by atoms with van der Waals surface area (Å²) in [6.07, 6.45) is 3.62. The number of carbonyl (C=O) groups excluding carboxylic acids is 2. The first-order valence-corrected chi connectivity index (χ1v) is 11.1. The number of hydrogen-bond acceptors (Lipinski definition) is 6. The zero-order chi connectivity index (χ0) is 24.7. The third kappa shape index (κ3) is 6.21. The van der Waals surface area contributed by atoms with Gasteiger partial charge in [0.25, 0.3) is 5.91 Å². The second-order valence-corrected chi connectivity index (χ2v) is 8.87. The van der Waals surface area contributed by atoms with Crippen molar-refractivity contribution in [2.75, 3.05) is 27.3 Å². The molecule has 3 aromatic rings. The van der Waals surface area contributed by atoms with E-state index in [0.717, 1.165) is 5.56 Å². The van der Waals surface area contributed by atoms with Crippen LogP contribution < -0.4 is 9.47 Å². The molecule has 3 rings (SSSR count).